The summed E-state index contributed by atoms with van der Waals surface area (Å²) in [5.74, 6) is -1.43. The van der Waals surface area contributed by atoms with Crippen molar-refractivity contribution in [1.29, 1.82) is 0 Å². The molecule has 0 aliphatic heterocycles. The lowest BCUT2D eigenvalue weighted by Crippen LogP contribution is -2.42. The van der Waals surface area contributed by atoms with E-state index in [1.807, 2.05) is 43.3 Å². The lowest BCUT2D eigenvalue weighted by atomic mass is 9.99. The Morgan fingerprint density at radius 2 is 1.95 bits per heavy atom. The molecule has 5 heteroatoms. The zero-order valence-electron chi connectivity index (χ0n) is 11.0. The highest BCUT2D eigenvalue weighted by Gasteiger charge is 2.21. The number of carboxylic acid groups (broad SMARTS) is 1. The molecule has 2 rings (SSSR count). The van der Waals surface area contributed by atoms with Gasteiger partial charge in [0.2, 0.25) is 0 Å². The summed E-state index contributed by atoms with van der Waals surface area (Å²) in [5, 5.41) is 13.2. The molecule has 0 aromatic heterocycles. The van der Waals surface area contributed by atoms with Gasteiger partial charge >= 0.3 is 5.97 Å². The van der Waals surface area contributed by atoms with Gasteiger partial charge in [0, 0.05) is 5.75 Å². The minimum Gasteiger partial charge on any atom is -0.480 e. The average Bonchev–Trinajstić information content (AvgIpc) is 2.44. The minimum absolute atomic E-state index is 0.0465. The van der Waals surface area contributed by atoms with E-state index in [4.69, 9.17) is 5.11 Å². The standard InChI is InChI=1S/C15H15NO3S/c1-9-6-7-10-4-2-3-5-11(10)13(9)14(17)16-12(8-20)15(18)19/h2-7,12,20H,8H2,1H3,(H,16,17)(H,18,19)/t12-/m0/s1. The molecule has 0 fully saturated rings. The van der Waals surface area contributed by atoms with Crippen molar-refractivity contribution in [1.82, 2.24) is 5.32 Å². The van der Waals surface area contributed by atoms with Crippen molar-refractivity contribution in [3.05, 3.63) is 47.5 Å². The van der Waals surface area contributed by atoms with Crippen molar-refractivity contribution in [2.45, 2.75) is 13.0 Å². The molecule has 0 aliphatic carbocycles. The molecule has 2 N–H and O–H groups in total. The first-order chi connectivity index (χ1) is 9.54. The fraction of sp³-hybridized carbons (Fsp3) is 0.200. The highest BCUT2D eigenvalue weighted by Crippen LogP contribution is 2.22. The van der Waals surface area contributed by atoms with Crippen LogP contribution in [0.1, 0.15) is 15.9 Å². The Morgan fingerprint density at radius 1 is 1.25 bits per heavy atom. The van der Waals surface area contributed by atoms with Crippen molar-refractivity contribution in [2.75, 3.05) is 5.75 Å². The number of fused-ring (bicyclic) bond motifs is 1. The van der Waals surface area contributed by atoms with Gasteiger partial charge in [0.1, 0.15) is 6.04 Å². The van der Waals surface area contributed by atoms with Gasteiger partial charge in [-0.1, -0.05) is 36.4 Å². The number of carbonyl (C=O) groups is 2. The molecule has 0 aliphatic rings. The minimum atomic E-state index is -1.09. The Morgan fingerprint density at radius 3 is 2.60 bits per heavy atom. The van der Waals surface area contributed by atoms with Gasteiger partial charge in [0.15, 0.2) is 0 Å². The summed E-state index contributed by atoms with van der Waals surface area (Å²) < 4.78 is 0. The van der Waals surface area contributed by atoms with E-state index in [2.05, 4.69) is 17.9 Å². The Kier molecular flexibility index (Phi) is 4.29. The summed E-state index contributed by atoms with van der Waals surface area (Å²) >= 11 is 3.95. The Balaban J connectivity index is 2.44. The zero-order chi connectivity index (χ0) is 14.7. The van der Waals surface area contributed by atoms with E-state index in [0.29, 0.717) is 5.56 Å². The molecule has 0 spiro atoms. The summed E-state index contributed by atoms with van der Waals surface area (Å²) in [6, 6.07) is 10.3. The van der Waals surface area contributed by atoms with Gasteiger partial charge in [-0.2, -0.15) is 12.6 Å². The van der Waals surface area contributed by atoms with E-state index < -0.39 is 12.0 Å². The van der Waals surface area contributed by atoms with Crippen molar-refractivity contribution in [3.63, 3.8) is 0 Å². The molecule has 1 amide bonds. The van der Waals surface area contributed by atoms with Crippen LogP contribution in [0.2, 0.25) is 0 Å². The van der Waals surface area contributed by atoms with Gasteiger partial charge in [0.25, 0.3) is 5.91 Å². The number of thiol groups is 1. The number of carboxylic acids is 1. The molecule has 0 unspecified atom stereocenters. The number of carbonyl (C=O) groups excluding carboxylic acids is 1. The van der Waals surface area contributed by atoms with Gasteiger partial charge in [0.05, 0.1) is 5.56 Å². The number of aryl methyl sites for hydroxylation is 1. The van der Waals surface area contributed by atoms with Crippen LogP contribution < -0.4 is 5.32 Å². The van der Waals surface area contributed by atoms with Crippen molar-refractivity contribution >= 4 is 35.3 Å². The molecular weight excluding hydrogens is 274 g/mol. The lowest BCUT2D eigenvalue weighted by Gasteiger charge is -2.15. The Labute approximate surface area is 122 Å². The second-order valence-electron chi connectivity index (χ2n) is 4.53. The van der Waals surface area contributed by atoms with E-state index >= 15 is 0 Å². The number of rotatable bonds is 4. The fourth-order valence-electron chi connectivity index (χ4n) is 2.10. The zero-order valence-corrected chi connectivity index (χ0v) is 11.9. The highest BCUT2D eigenvalue weighted by molar-refractivity contribution is 7.80. The third-order valence-corrected chi connectivity index (χ3v) is 3.52. The van der Waals surface area contributed by atoms with Gasteiger partial charge in [-0.25, -0.2) is 4.79 Å². The van der Waals surface area contributed by atoms with E-state index in [1.165, 1.54) is 0 Å². The van der Waals surface area contributed by atoms with E-state index in [-0.39, 0.29) is 11.7 Å². The van der Waals surface area contributed by atoms with Crippen molar-refractivity contribution in [2.24, 2.45) is 0 Å². The fourth-order valence-corrected chi connectivity index (χ4v) is 2.35. The summed E-state index contributed by atoms with van der Waals surface area (Å²) in [5.41, 5.74) is 1.32. The van der Waals surface area contributed by atoms with Crippen LogP contribution in [0.3, 0.4) is 0 Å². The van der Waals surface area contributed by atoms with Crippen LogP contribution in [0, 0.1) is 6.92 Å². The monoisotopic (exact) mass is 289 g/mol. The van der Waals surface area contributed by atoms with Gasteiger partial charge in [-0.3, -0.25) is 4.79 Å². The maximum absolute atomic E-state index is 12.3. The Hall–Kier alpha value is -2.01. The van der Waals surface area contributed by atoms with Crippen LogP contribution >= 0.6 is 12.6 Å². The highest BCUT2D eigenvalue weighted by atomic mass is 32.1. The first-order valence-corrected chi connectivity index (χ1v) is 6.80. The quantitative estimate of drug-likeness (QED) is 0.756. The topological polar surface area (TPSA) is 66.4 Å². The largest absolute Gasteiger partial charge is 0.480 e. The predicted molar refractivity (Wildman–Crippen MR) is 81.4 cm³/mol. The molecule has 0 saturated heterocycles. The summed E-state index contributed by atoms with van der Waals surface area (Å²) in [6.45, 7) is 1.83. The molecule has 2 aromatic carbocycles. The SMILES string of the molecule is Cc1ccc2ccccc2c1C(=O)N[C@@H](CS)C(=O)O. The van der Waals surface area contributed by atoms with Crippen LogP contribution in [0.15, 0.2) is 36.4 Å². The normalized spacial score (nSPS) is 12.1. The number of nitrogens with one attached hydrogen (secondary N) is 1. The molecule has 4 nitrogen and oxygen atoms in total. The molecule has 104 valence electrons. The van der Waals surface area contributed by atoms with Crippen LogP contribution in [0.5, 0.6) is 0 Å². The Bertz CT molecular complexity index is 669. The summed E-state index contributed by atoms with van der Waals surface area (Å²) in [4.78, 5) is 23.3. The van der Waals surface area contributed by atoms with Gasteiger partial charge in [-0.05, 0) is 23.3 Å². The van der Waals surface area contributed by atoms with Gasteiger partial charge < -0.3 is 10.4 Å². The molecule has 20 heavy (non-hydrogen) atoms. The molecule has 0 heterocycles. The molecule has 0 bridgehead atoms. The second kappa shape index (κ2) is 5.96. The molecule has 0 saturated carbocycles. The summed E-state index contributed by atoms with van der Waals surface area (Å²) in [6.07, 6.45) is 0. The number of aliphatic carboxylic acids is 1. The van der Waals surface area contributed by atoms with Gasteiger partial charge in [-0.15, -0.1) is 0 Å². The van der Waals surface area contributed by atoms with Crippen LogP contribution in [0.25, 0.3) is 10.8 Å². The lowest BCUT2D eigenvalue weighted by molar-refractivity contribution is -0.138. The van der Waals surface area contributed by atoms with Crippen LogP contribution in [0.4, 0.5) is 0 Å². The van der Waals surface area contributed by atoms with E-state index in [0.717, 1.165) is 16.3 Å². The number of amides is 1. The predicted octanol–water partition coefficient (Wildman–Crippen LogP) is 2.26. The van der Waals surface area contributed by atoms with Crippen molar-refractivity contribution in [3.8, 4) is 0 Å². The average molecular weight is 289 g/mol. The maximum atomic E-state index is 12.3. The first kappa shape index (κ1) is 14.4. The van der Waals surface area contributed by atoms with E-state index in [9.17, 15) is 9.59 Å². The smallest absolute Gasteiger partial charge is 0.327 e. The van der Waals surface area contributed by atoms with Crippen LogP contribution in [-0.2, 0) is 4.79 Å². The molecule has 1 atom stereocenters. The third-order valence-electron chi connectivity index (χ3n) is 3.15. The number of hydrogen-bond donors (Lipinski definition) is 3. The number of hydrogen-bond acceptors (Lipinski definition) is 3. The summed E-state index contributed by atoms with van der Waals surface area (Å²) in [7, 11) is 0. The maximum Gasteiger partial charge on any atom is 0.327 e. The number of benzene rings is 2. The van der Waals surface area contributed by atoms with Crippen LogP contribution in [-0.4, -0.2) is 28.8 Å². The molecule has 0 radical (unpaired) electrons. The second-order valence-corrected chi connectivity index (χ2v) is 4.89. The van der Waals surface area contributed by atoms with Crippen molar-refractivity contribution < 1.29 is 14.7 Å². The molecule has 2 aromatic rings. The first-order valence-electron chi connectivity index (χ1n) is 6.17. The van der Waals surface area contributed by atoms with E-state index in [1.54, 1.807) is 0 Å². The molecular formula is C15H15NO3S. The third kappa shape index (κ3) is 2.77.